The molecule has 9 heteroatoms. The molecule has 4 rings (SSSR count). The fourth-order valence-electron chi connectivity index (χ4n) is 3.82. The molecule has 1 aliphatic heterocycles. The molecule has 34 heavy (non-hydrogen) atoms. The smallest absolute Gasteiger partial charge is 0.317 e. The van der Waals surface area contributed by atoms with Gasteiger partial charge in [-0.2, -0.15) is 0 Å². The van der Waals surface area contributed by atoms with Crippen molar-refractivity contribution in [2.75, 3.05) is 26.3 Å². The lowest BCUT2D eigenvalue weighted by atomic mass is 9.88. The summed E-state index contributed by atoms with van der Waals surface area (Å²) in [6.07, 6.45) is 3.52. The first-order valence-electron chi connectivity index (χ1n) is 10.8. The molecule has 0 N–H and O–H groups in total. The number of nitrogens with zero attached hydrogens (tertiary/aromatic N) is 3. The van der Waals surface area contributed by atoms with Gasteiger partial charge < -0.3 is 14.4 Å². The van der Waals surface area contributed by atoms with Gasteiger partial charge in [-0.25, -0.2) is 9.97 Å². The van der Waals surface area contributed by atoms with Gasteiger partial charge in [0, 0.05) is 34.3 Å². The van der Waals surface area contributed by atoms with Gasteiger partial charge in [0.25, 0.3) is 5.91 Å². The molecule has 3 aromatic rings. The third kappa shape index (κ3) is 5.32. The zero-order chi connectivity index (χ0) is 24.1. The minimum atomic E-state index is -0.991. The molecule has 1 aromatic heterocycles. The van der Waals surface area contributed by atoms with E-state index in [1.54, 1.807) is 54.4 Å². The summed E-state index contributed by atoms with van der Waals surface area (Å²) in [5.74, 6) is -0.286. The summed E-state index contributed by atoms with van der Waals surface area (Å²) in [5, 5.41) is 1.19. The number of hydrogen-bond acceptors (Lipinski definition) is 6. The van der Waals surface area contributed by atoms with E-state index in [-0.39, 0.29) is 31.5 Å². The van der Waals surface area contributed by atoms with E-state index in [1.165, 1.54) is 6.20 Å². The number of esters is 1. The van der Waals surface area contributed by atoms with Crippen LogP contribution in [-0.4, -0.2) is 53.0 Å². The quantitative estimate of drug-likeness (QED) is 0.429. The first-order valence-corrected chi connectivity index (χ1v) is 11.6. The highest BCUT2D eigenvalue weighted by Crippen LogP contribution is 2.34. The van der Waals surface area contributed by atoms with Gasteiger partial charge in [0.1, 0.15) is 12.0 Å². The molecular weight excluding hydrogens is 477 g/mol. The largest absolute Gasteiger partial charge is 0.475 e. The third-order valence-electron chi connectivity index (χ3n) is 5.71. The van der Waals surface area contributed by atoms with Gasteiger partial charge in [-0.3, -0.25) is 9.59 Å². The number of carbonyl (C=O) groups excluding carboxylic acids is 2. The standard InChI is InChI=1S/C25H23Cl2N3O4/c1-2-33-24(32)25(11-12-30(15-25)23(31)18-5-9-20(27)10-6-18)16-34-22-14-28-21(13-29-22)17-3-7-19(26)8-4-17/h3-10,13-14H,2,11-12,15-16H2,1H3. The highest BCUT2D eigenvalue weighted by Gasteiger charge is 2.48. The van der Waals surface area contributed by atoms with Crippen molar-refractivity contribution in [3.05, 3.63) is 76.5 Å². The van der Waals surface area contributed by atoms with Crippen molar-refractivity contribution in [1.82, 2.24) is 14.9 Å². The van der Waals surface area contributed by atoms with Crippen LogP contribution in [0.3, 0.4) is 0 Å². The van der Waals surface area contributed by atoms with Crippen LogP contribution < -0.4 is 4.74 Å². The maximum absolute atomic E-state index is 13.0. The van der Waals surface area contributed by atoms with Gasteiger partial charge in [-0.05, 0) is 49.7 Å². The fraction of sp³-hybridized carbons (Fsp3) is 0.280. The number of halogens is 2. The maximum atomic E-state index is 13.0. The average Bonchev–Trinajstić information content (AvgIpc) is 3.30. The summed E-state index contributed by atoms with van der Waals surface area (Å²) in [7, 11) is 0. The van der Waals surface area contributed by atoms with Gasteiger partial charge in [0.15, 0.2) is 0 Å². The molecule has 1 fully saturated rings. The van der Waals surface area contributed by atoms with Crippen LogP contribution in [0.5, 0.6) is 5.88 Å². The second kappa shape index (κ2) is 10.4. The zero-order valence-corrected chi connectivity index (χ0v) is 20.1. The van der Waals surface area contributed by atoms with E-state index in [4.69, 9.17) is 32.7 Å². The van der Waals surface area contributed by atoms with Crippen LogP contribution in [-0.2, 0) is 9.53 Å². The first kappa shape index (κ1) is 24.0. The molecule has 1 aliphatic rings. The summed E-state index contributed by atoms with van der Waals surface area (Å²) >= 11 is 11.9. The number of amides is 1. The normalized spacial score (nSPS) is 17.4. The minimum absolute atomic E-state index is 0.0191. The van der Waals surface area contributed by atoms with Crippen molar-refractivity contribution in [2.45, 2.75) is 13.3 Å². The van der Waals surface area contributed by atoms with Gasteiger partial charge in [-0.15, -0.1) is 0 Å². The molecule has 1 amide bonds. The molecule has 0 aliphatic carbocycles. The van der Waals surface area contributed by atoms with Crippen LogP contribution >= 0.6 is 23.2 Å². The highest BCUT2D eigenvalue weighted by atomic mass is 35.5. The van der Waals surface area contributed by atoms with Crippen LogP contribution in [0.4, 0.5) is 0 Å². The van der Waals surface area contributed by atoms with E-state index in [2.05, 4.69) is 9.97 Å². The summed E-state index contributed by atoms with van der Waals surface area (Å²) < 4.78 is 11.2. The summed E-state index contributed by atoms with van der Waals surface area (Å²) in [6.45, 7) is 2.60. The van der Waals surface area contributed by atoms with Crippen molar-refractivity contribution in [1.29, 1.82) is 0 Å². The molecule has 7 nitrogen and oxygen atoms in total. The molecule has 0 saturated carbocycles. The average molecular weight is 500 g/mol. The molecule has 1 unspecified atom stereocenters. The lowest BCUT2D eigenvalue weighted by Gasteiger charge is -2.26. The van der Waals surface area contributed by atoms with Crippen molar-refractivity contribution >= 4 is 35.1 Å². The van der Waals surface area contributed by atoms with Crippen LogP contribution in [0.1, 0.15) is 23.7 Å². The maximum Gasteiger partial charge on any atom is 0.317 e. The Morgan fingerprint density at radius 3 is 2.29 bits per heavy atom. The molecule has 0 spiro atoms. The Morgan fingerprint density at radius 2 is 1.68 bits per heavy atom. The molecule has 0 radical (unpaired) electrons. The summed E-state index contributed by atoms with van der Waals surface area (Å²) in [6, 6.07) is 13.9. The molecular formula is C25H23Cl2N3O4. The van der Waals surface area contributed by atoms with Gasteiger partial charge in [0.2, 0.25) is 5.88 Å². The van der Waals surface area contributed by atoms with Crippen LogP contribution in [0.2, 0.25) is 10.0 Å². The van der Waals surface area contributed by atoms with E-state index < -0.39 is 11.4 Å². The van der Waals surface area contributed by atoms with Crippen LogP contribution in [0, 0.1) is 5.41 Å². The Morgan fingerprint density at radius 1 is 1.00 bits per heavy atom. The lowest BCUT2D eigenvalue weighted by Crippen LogP contribution is -2.42. The number of hydrogen-bond donors (Lipinski definition) is 0. The van der Waals surface area contributed by atoms with Crippen molar-refractivity contribution in [3.63, 3.8) is 0 Å². The van der Waals surface area contributed by atoms with Crippen molar-refractivity contribution in [2.24, 2.45) is 5.41 Å². The van der Waals surface area contributed by atoms with E-state index in [0.717, 1.165) is 5.56 Å². The Bertz CT molecular complexity index is 1150. The SMILES string of the molecule is CCOC(=O)C1(COc2cnc(-c3ccc(Cl)cc3)cn2)CCN(C(=O)c2ccc(Cl)cc2)C1. The Labute approximate surface area is 207 Å². The Kier molecular flexibility index (Phi) is 7.34. The number of aromatic nitrogens is 2. The highest BCUT2D eigenvalue weighted by molar-refractivity contribution is 6.30. The Hall–Kier alpha value is -3.16. The molecule has 2 heterocycles. The topological polar surface area (TPSA) is 81.6 Å². The number of likely N-dealkylation sites (tertiary alicyclic amines) is 1. The molecule has 1 saturated heterocycles. The second-order valence-electron chi connectivity index (χ2n) is 8.02. The molecule has 2 aromatic carbocycles. The van der Waals surface area contributed by atoms with E-state index >= 15 is 0 Å². The third-order valence-corrected chi connectivity index (χ3v) is 6.21. The van der Waals surface area contributed by atoms with E-state index in [0.29, 0.717) is 34.3 Å². The summed E-state index contributed by atoms with van der Waals surface area (Å²) in [5.41, 5.74) is 1.06. The minimum Gasteiger partial charge on any atom is -0.475 e. The number of ether oxygens (including phenoxy) is 2. The zero-order valence-electron chi connectivity index (χ0n) is 18.5. The summed E-state index contributed by atoms with van der Waals surface area (Å²) in [4.78, 5) is 36.2. The monoisotopic (exact) mass is 499 g/mol. The number of rotatable bonds is 7. The molecule has 0 bridgehead atoms. The van der Waals surface area contributed by atoms with Gasteiger partial charge >= 0.3 is 5.97 Å². The Balaban J connectivity index is 1.46. The predicted octanol–water partition coefficient (Wildman–Crippen LogP) is 4.92. The number of carbonyl (C=O) groups is 2. The van der Waals surface area contributed by atoms with Crippen LogP contribution in [0.15, 0.2) is 60.9 Å². The fourth-order valence-corrected chi connectivity index (χ4v) is 4.07. The predicted molar refractivity (Wildman–Crippen MR) is 129 cm³/mol. The van der Waals surface area contributed by atoms with Crippen molar-refractivity contribution in [3.8, 4) is 17.1 Å². The van der Waals surface area contributed by atoms with Crippen LogP contribution in [0.25, 0.3) is 11.3 Å². The second-order valence-corrected chi connectivity index (χ2v) is 8.89. The number of benzene rings is 2. The van der Waals surface area contributed by atoms with Crippen molar-refractivity contribution < 1.29 is 19.1 Å². The van der Waals surface area contributed by atoms with Gasteiger partial charge in [0.05, 0.1) is 24.7 Å². The first-order chi connectivity index (χ1) is 16.4. The van der Waals surface area contributed by atoms with Gasteiger partial charge in [-0.1, -0.05) is 35.3 Å². The van der Waals surface area contributed by atoms with E-state index in [9.17, 15) is 9.59 Å². The molecule has 1 atom stereocenters. The van der Waals surface area contributed by atoms with E-state index in [1.807, 2.05) is 12.1 Å². The lowest BCUT2D eigenvalue weighted by molar-refractivity contribution is -0.156. The molecule has 176 valence electrons.